The van der Waals surface area contributed by atoms with Crippen molar-refractivity contribution in [2.24, 2.45) is 0 Å². The summed E-state index contributed by atoms with van der Waals surface area (Å²) in [6, 6.07) is 4.82. The molecule has 2 aromatic rings. The summed E-state index contributed by atoms with van der Waals surface area (Å²) in [5.74, 6) is 0.721. The maximum Gasteiger partial charge on any atom is 0.294 e. The van der Waals surface area contributed by atoms with Gasteiger partial charge < -0.3 is 19.6 Å². The smallest absolute Gasteiger partial charge is 0.294 e. The van der Waals surface area contributed by atoms with Crippen LogP contribution < -0.4 is 15.0 Å². The van der Waals surface area contributed by atoms with Gasteiger partial charge in [0.25, 0.3) is 5.56 Å². The third-order valence-corrected chi connectivity index (χ3v) is 3.87. The number of aromatic amines is 1. The highest BCUT2D eigenvalue weighted by molar-refractivity contribution is 5.88. The van der Waals surface area contributed by atoms with Gasteiger partial charge in [0.05, 0.1) is 12.1 Å². The van der Waals surface area contributed by atoms with Gasteiger partial charge in [-0.15, -0.1) is 0 Å². The first-order valence-corrected chi connectivity index (χ1v) is 8.81. The van der Waals surface area contributed by atoms with Crippen molar-refractivity contribution in [3.8, 4) is 17.2 Å². The molecule has 1 aromatic carbocycles. The van der Waals surface area contributed by atoms with E-state index in [1.54, 1.807) is 12.1 Å². The van der Waals surface area contributed by atoms with Gasteiger partial charge in [-0.2, -0.15) is 0 Å². The summed E-state index contributed by atoms with van der Waals surface area (Å²) >= 11 is 0. The number of H-pyrrole nitrogens is 1. The number of unbranched alkanes of at least 4 members (excludes halogenated alkanes) is 3. The zero-order chi connectivity index (χ0) is 18.2. The van der Waals surface area contributed by atoms with Crippen LogP contribution in [0, 0.1) is 0 Å². The predicted octanol–water partition coefficient (Wildman–Crippen LogP) is 4.54. The average Bonchev–Trinajstić information content (AvgIpc) is 2.56. The Bertz CT molecular complexity index is 788. The number of phenolic OH excluding ortho intramolecular Hbond substituents is 1. The molecule has 1 aromatic heterocycles. The van der Waals surface area contributed by atoms with Gasteiger partial charge in [0.15, 0.2) is 5.75 Å². The minimum Gasteiger partial charge on any atom is -0.508 e. The normalized spacial score (nSPS) is 10.7. The van der Waals surface area contributed by atoms with E-state index in [4.69, 9.17) is 9.47 Å². The second-order valence-corrected chi connectivity index (χ2v) is 6.34. The van der Waals surface area contributed by atoms with Crippen LogP contribution in [0.3, 0.4) is 0 Å². The molecule has 2 N–H and O–H groups in total. The van der Waals surface area contributed by atoms with Crippen LogP contribution in [0.25, 0.3) is 10.9 Å². The maximum atomic E-state index is 12.4. The van der Waals surface area contributed by atoms with Crippen molar-refractivity contribution < 1.29 is 14.6 Å². The molecule has 5 heteroatoms. The van der Waals surface area contributed by atoms with Gasteiger partial charge in [0.1, 0.15) is 12.4 Å². The third-order valence-electron chi connectivity index (χ3n) is 3.87. The molecular formula is C20H27NO4. The first kappa shape index (κ1) is 18.9. The summed E-state index contributed by atoms with van der Waals surface area (Å²) in [7, 11) is 0. The van der Waals surface area contributed by atoms with Gasteiger partial charge in [-0.3, -0.25) is 4.79 Å². The first-order valence-electron chi connectivity index (χ1n) is 8.81. The Morgan fingerprint density at radius 1 is 1.16 bits per heavy atom. The largest absolute Gasteiger partial charge is 0.508 e. The minimum atomic E-state index is -0.358. The number of phenols is 1. The molecule has 25 heavy (non-hydrogen) atoms. The van der Waals surface area contributed by atoms with Crippen LogP contribution in [0.2, 0.25) is 0 Å². The van der Waals surface area contributed by atoms with E-state index in [9.17, 15) is 9.90 Å². The molecular weight excluding hydrogens is 318 g/mol. The molecule has 0 atom stereocenters. The van der Waals surface area contributed by atoms with E-state index in [1.165, 1.54) is 6.07 Å². The van der Waals surface area contributed by atoms with E-state index in [0.717, 1.165) is 36.6 Å². The van der Waals surface area contributed by atoms with Gasteiger partial charge in [-0.05, 0) is 38.5 Å². The van der Waals surface area contributed by atoms with Crippen molar-refractivity contribution >= 4 is 10.9 Å². The van der Waals surface area contributed by atoms with Crippen LogP contribution in [0.4, 0.5) is 0 Å². The fourth-order valence-electron chi connectivity index (χ4n) is 2.51. The number of benzene rings is 1. The summed E-state index contributed by atoms with van der Waals surface area (Å²) in [5, 5.41) is 10.4. The fourth-order valence-corrected chi connectivity index (χ4v) is 2.51. The van der Waals surface area contributed by atoms with E-state index < -0.39 is 0 Å². The molecule has 136 valence electrons. The number of hydrogen-bond acceptors (Lipinski definition) is 4. The topological polar surface area (TPSA) is 71.5 Å². The number of nitrogens with one attached hydrogen (secondary N) is 1. The van der Waals surface area contributed by atoms with E-state index >= 15 is 0 Å². The average molecular weight is 345 g/mol. The highest BCUT2D eigenvalue weighted by atomic mass is 16.5. The standard InChI is InChI=1S/C20H27NO4/c1-4-5-6-7-11-24-18-16-9-8-15(22)13-17(16)21-20(23)19(18)25-12-10-14(2)3/h8-10,13,22H,4-7,11-12H2,1-3H3,(H,21,23). The third kappa shape index (κ3) is 5.28. The van der Waals surface area contributed by atoms with E-state index in [0.29, 0.717) is 24.5 Å². The lowest BCUT2D eigenvalue weighted by molar-refractivity contribution is 0.277. The Hall–Kier alpha value is -2.43. The van der Waals surface area contributed by atoms with Crippen molar-refractivity contribution in [2.75, 3.05) is 13.2 Å². The number of allylic oxidation sites excluding steroid dienone is 1. The molecule has 0 aliphatic heterocycles. The molecule has 0 unspecified atom stereocenters. The molecule has 0 aliphatic rings. The van der Waals surface area contributed by atoms with Gasteiger partial charge in [-0.25, -0.2) is 0 Å². The Labute approximate surface area is 148 Å². The quantitative estimate of drug-likeness (QED) is 0.517. The highest BCUT2D eigenvalue weighted by Gasteiger charge is 2.16. The zero-order valence-corrected chi connectivity index (χ0v) is 15.2. The van der Waals surface area contributed by atoms with Gasteiger partial charge >= 0.3 is 0 Å². The minimum absolute atomic E-state index is 0.0928. The van der Waals surface area contributed by atoms with Gasteiger partial charge in [0.2, 0.25) is 5.75 Å². The fraction of sp³-hybridized carbons (Fsp3) is 0.450. The first-order chi connectivity index (χ1) is 12.0. The Morgan fingerprint density at radius 2 is 1.96 bits per heavy atom. The lowest BCUT2D eigenvalue weighted by atomic mass is 10.2. The lowest BCUT2D eigenvalue weighted by Crippen LogP contribution is -2.14. The Balaban J connectivity index is 2.33. The second kappa shape index (κ2) is 9.16. The summed E-state index contributed by atoms with van der Waals surface area (Å²) in [5.41, 5.74) is 1.29. The second-order valence-electron chi connectivity index (χ2n) is 6.34. The molecule has 0 fully saturated rings. The molecule has 0 saturated heterocycles. The molecule has 5 nitrogen and oxygen atoms in total. The molecule has 0 radical (unpaired) electrons. The molecule has 2 rings (SSSR count). The predicted molar refractivity (Wildman–Crippen MR) is 101 cm³/mol. The van der Waals surface area contributed by atoms with Crippen molar-refractivity contribution in [3.63, 3.8) is 0 Å². The number of hydrogen-bond donors (Lipinski definition) is 2. The maximum absolute atomic E-state index is 12.4. The number of fused-ring (bicyclic) bond motifs is 1. The number of aromatic hydroxyl groups is 1. The van der Waals surface area contributed by atoms with Gasteiger partial charge in [0, 0.05) is 11.5 Å². The number of pyridine rings is 1. The summed E-state index contributed by atoms with van der Waals surface area (Å²) in [6.07, 6.45) is 6.24. The van der Waals surface area contributed by atoms with Crippen LogP contribution in [-0.2, 0) is 0 Å². The van der Waals surface area contributed by atoms with Crippen LogP contribution in [0.1, 0.15) is 46.5 Å². The van der Waals surface area contributed by atoms with Crippen molar-refractivity contribution in [2.45, 2.75) is 46.5 Å². The van der Waals surface area contributed by atoms with Crippen molar-refractivity contribution in [1.29, 1.82) is 0 Å². The molecule has 0 amide bonds. The van der Waals surface area contributed by atoms with Crippen LogP contribution in [-0.4, -0.2) is 23.3 Å². The van der Waals surface area contributed by atoms with E-state index in [-0.39, 0.29) is 17.1 Å². The van der Waals surface area contributed by atoms with Crippen LogP contribution in [0.5, 0.6) is 17.2 Å². The van der Waals surface area contributed by atoms with Crippen molar-refractivity contribution in [1.82, 2.24) is 4.98 Å². The Kier molecular flexibility index (Phi) is 6.92. The summed E-state index contributed by atoms with van der Waals surface area (Å²) in [4.78, 5) is 15.2. The van der Waals surface area contributed by atoms with E-state index in [2.05, 4.69) is 11.9 Å². The molecule has 0 bridgehead atoms. The molecule has 0 aliphatic carbocycles. The summed E-state index contributed by atoms with van der Waals surface area (Å²) < 4.78 is 11.6. The molecule has 0 spiro atoms. The monoisotopic (exact) mass is 345 g/mol. The summed E-state index contributed by atoms with van der Waals surface area (Å²) in [6.45, 7) is 6.94. The molecule has 0 saturated carbocycles. The molecule has 1 heterocycles. The highest BCUT2D eigenvalue weighted by Crippen LogP contribution is 2.33. The number of ether oxygens (including phenoxy) is 2. The SMILES string of the molecule is CCCCCCOc1c(OCC=C(C)C)c(=O)[nH]c2cc(O)ccc12. The van der Waals surface area contributed by atoms with E-state index in [1.807, 2.05) is 19.9 Å². The number of aromatic nitrogens is 1. The van der Waals surface area contributed by atoms with Crippen molar-refractivity contribution in [3.05, 3.63) is 40.2 Å². The van der Waals surface area contributed by atoms with Crippen LogP contribution in [0.15, 0.2) is 34.6 Å². The lowest BCUT2D eigenvalue weighted by Gasteiger charge is -2.14. The van der Waals surface area contributed by atoms with Gasteiger partial charge in [-0.1, -0.05) is 31.8 Å². The zero-order valence-electron chi connectivity index (χ0n) is 15.2. The number of rotatable bonds is 9. The van der Waals surface area contributed by atoms with Crippen LogP contribution >= 0.6 is 0 Å². The Morgan fingerprint density at radius 3 is 2.68 bits per heavy atom.